The van der Waals surface area contributed by atoms with E-state index >= 15 is 0 Å². The van der Waals surface area contributed by atoms with Gasteiger partial charge in [-0.2, -0.15) is 0 Å². The van der Waals surface area contributed by atoms with Crippen LogP contribution in [0.15, 0.2) is 72.1 Å². The Bertz CT molecular complexity index is 2460. The third-order valence-corrected chi connectivity index (χ3v) is 13.4. The van der Waals surface area contributed by atoms with Gasteiger partial charge in [-0.05, 0) is 54.9 Å². The predicted octanol–water partition coefficient (Wildman–Crippen LogP) is -2.29. The summed E-state index contributed by atoms with van der Waals surface area (Å²) in [5.74, 6) is -9.23. The lowest BCUT2D eigenvalue weighted by atomic mass is 9.99. The maximum absolute atomic E-state index is 14.6. The first-order chi connectivity index (χ1) is 34.7. The lowest BCUT2D eigenvalue weighted by Gasteiger charge is -2.32. The molecule has 2 aliphatic heterocycles. The molecule has 2 fully saturated rings. The molecule has 0 aliphatic carbocycles. The number of imidazole rings is 1. The van der Waals surface area contributed by atoms with Crippen LogP contribution in [0.5, 0.6) is 5.75 Å². The van der Waals surface area contributed by atoms with Crippen molar-refractivity contribution < 1.29 is 58.5 Å². The zero-order valence-electron chi connectivity index (χ0n) is 40.2. The van der Waals surface area contributed by atoms with Crippen molar-refractivity contribution in [2.45, 2.75) is 119 Å². The first-order valence-corrected chi connectivity index (χ1v) is 24.6. The molecule has 1 aromatic heterocycles. The number of hydrogen-bond acceptors (Lipinski definition) is 14. The number of carbonyl (C=O) groups is 9. The van der Waals surface area contributed by atoms with Crippen LogP contribution >= 0.6 is 11.8 Å². The smallest absolute Gasteiger partial charge is 0.326 e. The highest BCUT2D eigenvalue weighted by atomic mass is 32.2. The summed E-state index contributed by atoms with van der Waals surface area (Å²) in [5.41, 5.74) is 18.2. The van der Waals surface area contributed by atoms with Gasteiger partial charge in [-0.3, -0.25) is 43.3 Å². The topological polar surface area (TPSA) is 409 Å². The standard InChI is InChI=1S/C47H63N13O12S/c1-24(2)38(59-40(65)30(9-6-16-52-47(49)50)54-39(64)29(48)20-37(62)63)44(69)55-31(17-26-10-12-28(61)13-11-26)41(66)58-34-22-73-36-15-14-35(43(68)57-33(46(71)72)18-25-7-4-3-5-8-25)60(36)45(70)32(56-42(34)67)19-27-21-51-23-53-27/h3-5,7-8,10-13,21,23-24,29-36,38,61H,6,9,14-20,22,48H2,1-2H3,(H,51,53)(H,54,64)(H,55,69)(H,56,67)(H,57,68)(H,58,66)(H,59,65)(H,62,63)(H,71,72)(H4,49,50,52)/t29-,30-,31-,32-,33-,34-,35-,36+,38-/m0/s1. The molecule has 2 aliphatic rings. The molecule has 0 saturated carbocycles. The Labute approximate surface area is 424 Å². The molecular weight excluding hydrogens is 971 g/mol. The van der Waals surface area contributed by atoms with Crippen LogP contribution in [0.3, 0.4) is 0 Å². The van der Waals surface area contributed by atoms with E-state index in [4.69, 9.17) is 22.3 Å². The molecule has 0 bridgehead atoms. The van der Waals surface area contributed by atoms with Crippen LogP contribution in [0.1, 0.15) is 62.8 Å². The molecule has 394 valence electrons. The van der Waals surface area contributed by atoms with E-state index in [9.17, 15) is 53.4 Å². The minimum atomic E-state index is -1.51. The number of fused-ring (bicyclic) bond motifs is 1. The summed E-state index contributed by atoms with van der Waals surface area (Å²) in [6, 6.07) is 3.84. The largest absolute Gasteiger partial charge is 0.508 e. The van der Waals surface area contributed by atoms with E-state index in [0.717, 1.165) is 11.8 Å². The molecule has 0 radical (unpaired) electrons. The molecule has 2 aromatic carbocycles. The fourth-order valence-corrected chi connectivity index (χ4v) is 9.57. The number of thioether (sulfide) groups is 1. The van der Waals surface area contributed by atoms with Gasteiger partial charge in [0.25, 0.3) is 0 Å². The average Bonchev–Trinajstić information content (AvgIpc) is 4.03. The third kappa shape index (κ3) is 16.7. The van der Waals surface area contributed by atoms with Gasteiger partial charge in [0, 0.05) is 43.5 Å². The first kappa shape index (κ1) is 56.2. The second kappa shape index (κ2) is 26.6. The van der Waals surface area contributed by atoms with Gasteiger partial charge in [0.05, 0.1) is 24.2 Å². The van der Waals surface area contributed by atoms with Crippen LogP contribution in [0, 0.1) is 5.92 Å². The van der Waals surface area contributed by atoms with Crippen molar-refractivity contribution in [2.24, 2.45) is 28.1 Å². The van der Waals surface area contributed by atoms with Crippen molar-refractivity contribution in [1.82, 2.24) is 46.8 Å². The highest BCUT2D eigenvalue weighted by Gasteiger charge is 2.46. The quantitative estimate of drug-likeness (QED) is 0.0255. The number of nitrogens with two attached hydrogens (primary N) is 3. The Hall–Kier alpha value is -7.74. The fraction of sp³-hybridized carbons (Fsp3) is 0.468. The van der Waals surface area contributed by atoms with Crippen molar-refractivity contribution >= 4 is 71.0 Å². The molecule has 0 spiro atoms. The number of hydrogen-bond donors (Lipinski definition) is 13. The van der Waals surface area contributed by atoms with Gasteiger partial charge in [0.2, 0.25) is 41.4 Å². The molecule has 26 heteroatoms. The zero-order chi connectivity index (χ0) is 53.4. The van der Waals surface area contributed by atoms with Crippen molar-refractivity contribution in [3.63, 3.8) is 0 Å². The van der Waals surface area contributed by atoms with E-state index in [1.807, 2.05) is 0 Å². The molecule has 73 heavy (non-hydrogen) atoms. The van der Waals surface area contributed by atoms with E-state index in [0.29, 0.717) is 16.8 Å². The number of guanidine groups is 1. The van der Waals surface area contributed by atoms with Crippen molar-refractivity contribution in [2.75, 3.05) is 12.3 Å². The number of carboxylic acids is 2. The number of carboxylic acid groups (broad SMARTS) is 2. The Morgan fingerprint density at radius 3 is 2.15 bits per heavy atom. The van der Waals surface area contributed by atoms with Crippen LogP contribution in [-0.2, 0) is 62.4 Å². The molecule has 25 nitrogen and oxygen atoms in total. The number of nitrogens with one attached hydrogen (secondary N) is 7. The molecule has 7 amide bonds. The minimum absolute atomic E-state index is 0.0162. The van der Waals surface area contributed by atoms with E-state index in [1.165, 1.54) is 41.7 Å². The van der Waals surface area contributed by atoms with Gasteiger partial charge >= 0.3 is 11.9 Å². The number of aromatic nitrogens is 2. The highest BCUT2D eigenvalue weighted by Crippen LogP contribution is 2.34. The summed E-state index contributed by atoms with van der Waals surface area (Å²) < 4.78 is 0. The summed E-state index contributed by atoms with van der Waals surface area (Å²) in [7, 11) is 0. The third-order valence-electron chi connectivity index (χ3n) is 12.0. The molecule has 3 aromatic rings. The number of H-pyrrole nitrogens is 1. The second-order valence-electron chi connectivity index (χ2n) is 18.0. The number of aromatic hydroxyl groups is 1. The minimum Gasteiger partial charge on any atom is -0.508 e. The van der Waals surface area contributed by atoms with Gasteiger partial charge < -0.3 is 74.3 Å². The van der Waals surface area contributed by atoms with Gasteiger partial charge in [-0.25, -0.2) is 9.78 Å². The van der Waals surface area contributed by atoms with Crippen LogP contribution in [0.2, 0.25) is 0 Å². The first-order valence-electron chi connectivity index (χ1n) is 23.5. The Morgan fingerprint density at radius 1 is 0.849 bits per heavy atom. The Balaban J connectivity index is 1.38. The van der Waals surface area contributed by atoms with Gasteiger partial charge in [0.15, 0.2) is 5.96 Å². The number of phenolic OH excluding ortho intramolecular Hbond substituents is 1. The molecule has 5 rings (SSSR count). The maximum Gasteiger partial charge on any atom is 0.326 e. The predicted molar refractivity (Wildman–Crippen MR) is 265 cm³/mol. The van der Waals surface area contributed by atoms with Gasteiger partial charge in [0.1, 0.15) is 48.0 Å². The number of carbonyl (C=O) groups excluding carboxylic acids is 7. The van der Waals surface area contributed by atoms with E-state index < -0.39 is 119 Å². The summed E-state index contributed by atoms with van der Waals surface area (Å²) >= 11 is 1.13. The summed E-state index contributed by atoms with van der Waals surface area (Å²) in [4.78, 5) is 134. The molecule has 3 heterocycles. The number of aliphatic imine (C=N–C) groups is 1. The fourth-order valence-electron chi connectivity index (χ4n) is 8.20. The number of aliphatic carboxylic acids is 2. The average molecular weight is 1030 g/mol. The molecule has 16 N–H and O–H groups in total. The maximum atomic E-state index is 14.6. The van der Waals surface area contributed by atoms with Crippen LogP contribution in [0.25, 0.3) is 0 Å². The number of phenols is 1. The number of rotatable bonds is 24. The van der Waals surface area contributed by atoms with E-state index in [2.05, 4.69) is 46.9 Å². The monoisotopic (exact) mass is 1030 g/mol. The summed E-state index contributed by atoms with van der Waals surface area (Å²) in [6.07, 6.45) is 2.35. The highest BCUT2D eigenvalue weighted by molar-refractivity contribution is 7.99. The summed E-state index contributed by atoms with van der Waals surface area (Å²) in [6.45, 7) is 3.29. The lowest BCUT2D eigenvalue weighted by molar-refractivity contribution is -0.145. The molecule has 9 atom stereocenters. The van der Waals surface area contributed by atoms with E-state index in [-0.39, 0.29) is 69.0 Å². The molecule has 0 unspecified atom stereocenters. The lowest BCUT2D eigenvalue weighted by Crippen LogP contribution is -2.61. The second-order valence-corrected chi connectivity index (χ2v) is 19.2. The number of benzene rings is 2. The van der Waals surface area contributed by atoms with Crippen molar-refractivity contribution in [3.05, 3.63) is 83.9 Å². The normalized spacial score (nSPS) is 19.7. The van der Waals surface area contributed by atoms with Crippen LogP contribution < -0.4 is 49.1 Å². The van der Waals surface area contributed by atoms with Crippen molar-refractivity contribution in [1.29, 1.82) is 0 Å². The molecule has 2 saturated heterocycles. The SMILES string of the molecule is CC(C)[C@H](NC(=O)[C@H](CCCN=C(N)N)NC(=O)[C@@H](N)CC(=O)O)C(=O)N[C@@H](Cc1ccc(O)cc1)C(=O)N[C@H]1CS[C@@H]2CC[C@@H](C(=O)N[C@@H](Cc3ccccc3)C(=O)O)N2C(=O)[C@H](Cc2cnc[nH]2)NC1=O. The van der Waals surface area contributed by atoms with Gasteiger partial charge in [-0.15, -0.1) is 11.8 Å². The Morgan fingerprint density at radius 2 is 1.52 bits per heavy atom. The van der Waals surface area contributed by atoms with Crippen molar-refractivity contribution in [3.8, 4) is 5.75 Å². The van der Waals surface area contributed by atoms with Crippen LogP contribution in [-0.4, -0.2) is 155 Å². The van der Waals surface area contributed by atoms with Crippen LogP contribution in [0.4, 0.5) is 0 Å². The van der Waals surface area contributed by atoms with E-state index in [1.54, 1.807) is 44.2 Å². The Kier molecular flexibility index (Phi) is 20.5. The number of aromatic amines is 1. The number of nitrogens with zero attached hydrogens (tertiary/aromatic N) is 3. The number of amides is 7. The zero-order valence-corrected chi connectivity index (χ0v) is 41.0. The molecular formula is C47H63N13O12S. The summed E-state index contributed by atoms with van der Waals surface area (Å²) in [5, 5.41) is 44.3. The van der Waals surface area contributed by atoms with Gasteiger partial charge in [-0.1, -0.05) is 56.3 Å².